The Kier molecular flexibility index (Phi) is 6.71. The first kappa shape index (κ1) is 17.5. The zero-order chi connectivity index (χ0) is 15.9. The van der Waals surface area contributed by atoms with Crippen molar-refractivity contribution in [2.75, 3.05) is 6.61 Å². The molecule has 3 heteroatoms. The highest BCUT2D eigenvalue weighted by molar-refractivity contribution is 5.39. The molecule has 0 saturated carbocycles. The lowest BCUT2D eigenvalue weighted by molar-refractivity contribution is 0.266. The molecule has 1 aromatic carbocycles. The molecule has 0 saturated heterocycles. The summed E-state index contributed by atoms with van der Waals surface area (Å²) in [5.74, 6) is 0.980. The van der Waals surface area contributed by atoms with Gasteiger partial charge in [0.05, 0.1) is 12.7 Å². The van der Waals surface area contributed by atoms with Gasteiger partial charge in [-0.15, -0.1) is 0 Å². The minimum Gasteiger partial charge on any atom is -0.493 e. The normalized spacial score (nSPS) is 13.8. The highest BCUT2D eigenvalue weighted by Crippen LogP contribution is 2.23. The molecule has 1 atom stereocenters. The van der Waals surface area contributed by atoms with E-state index in [1.165, 1.54) is 0 Å². The zero-order valence-electron chi connectivity index (χ0n) is 14.0. The van der Waals surface area contributed by atoms with E-state index in [1.807, 2.05) is 6.07 Å². The van der Waals surface area contributed by atoms with Crippen molar-refractivity contribution in [1.29, 1.82) is 5.26 Å². The summed E-state index contributed by atoms with van der Waals surface area (Å²) in [5, 5.41) is 12.9. The van der Waals surface area contributed by atoms with Gasteiger partial charge in [0.15, 0.2) is 0 Å². The maximum absolute atomic E-state index is 9.48. The molecule has 0 bridgehead atoms. The van der Waals surface area contributed by atoms with Crippen molar-refractivity contribution in [2.24, 2.45) is 0 Å². The summed E-state index contributed by atoms with van der Waals surface area (Å²) in [6.07, 6.45) is 2.49. The topological polar surface area (TPSA) is 45.0 Å². The third kappa shape index (κ3) is 5.06. The van der Waals surface area contributed by atoms with Crippen molar-refractivity contribution in [3.8, 4) is 11.8 Å². The van der Waals surface area contributed by atoms with Gasteiger partial charge in [0.2, 0.25) is 0 Å². The molecule has 0 radical (unpaired) electrons. The summed E-state index contributed by atoms with van der Waals surface area (Å²) in [5.41, 5.74) is 1.90. The molecule has 116 valence electrons. The van der Waals surface area contributed by atoms with E-state index in [1.54, 1.807) is 0 Å². The predicted octanol–water partition coefficient (Wildman–Crippen LogP) is 4.13. The molecule has 0 amide bonds. The molecule has 1 N–H and O–H groups in total. The van der Waals surface area contributed by atoms with E-state index >= 15 is 0 Å². The van der Waals surface area contributed by atoms with Gasteiger partial charge in [-0.2, -0.15) is 5.26 Å². The van der Waals surface area contributed by atoms with E-state index < -0.39 is 5.54 Å². The highest BCUT2D eigenvalue weighted by Gasteiger charge is 2.27. The average Bonchev–Trinajstić information content (AvgIpc) is 2.44. The van der Waals surface area contributed by atoms with Crippen molar-refractivity contribution in [2.45, 2.75) is 65.5 Å². The van der Waals surface area contributed by atoms with Crippen LogP contribution in [0.25, 0.3) is 0 Å². The number of benzene rings is 1. The monoisotopic (exact) mass is 288 g/mol. The molecule has 0 aliphatic heterocycles. The molecule has 0 spiro atoms. The van der Waals surface area contributed by atoms with Gasteiger partial charge in [0.1, 0.15) is 11.3 Å². The van der Waals surface area contributed by atoms with Gasteiger partial charge in [0.25, 0.3) is 0 Å². The number of nitrogens with zero attached hydrogens (tertiary/aromatic N) is 1. The van der Waals surface area contributed by atoms with Gasteiger partial charge in [-0.1, -0.05) is 25.1 Å². The molecular weight excluding hydrogens is 260 g/mol. The minimum atomic E-state index is -0.432. The molecule has 0 aliphatic carbocycles. The van der Waals surface area contributed by atoms with E-state index in [9.17, 15) is 5.26 Å². The Morgan fingerprint density at radius 1 is 1.29 bits per heavy atom. The Hall–Kier alpha value is -1.53. The van der Waals surface area contributed by atoms with E-state index in [0.717, 1.165) is 36.1 Å². The molecule has 21 heavy (non-hydrogen) atoms. The van der Waals surface area contributed by atoms with Crippen molar-refractivity contribution in [3.63, 3.8) is 0 Å². The quantitative estimate of drug-likeness (QED) is 0.731. The number of hydrogen-bond acceptors (Lipinski definition) is 3. The first-order valence-corrected chi connectivity index (χ1v) is 7.82. The molecule has 1 rings (SSSR count). The number of rotatable bonds is 8. The zero-order valence-corrected chi connectivity index (χ0v) is 14.0. The van der Waals surface area contributed by atoms with Crippen LogP contribution in [0, 0.1) is 25.2 Å². The van der Waals surface area contributed by atoms with Gasteiger partial charge in [-0.05, 0) is 58.1 Å². The Morgan fingerprint density at radius 2 is 1.90 bits per heavy atom. The number of hydrogen-bond donors (Lipinski definition) is 1. The summed E-state index contributed by atoms with van der Waals surface area (Å²) in [6.45, 7) is 11.0. The maximum atomic E-state index is 9.48. The molecule has 3 nitrogen and oxygen atoms in total. The second-order valence-corrected chi connectivity index (χ2v) is 6.02. The van der Waals surface area contributed by atoms with Crippen LogP contribution in [0.4, 0.5) is 0 Å². The summed E-state index contributed by atoms with van der Waals surface area (Å²) in [4.78, 5) is 0. The number of nitriles is 1. The SMILES string of the molecule is CCC(C#N)(CCCOc1c(C)cccc1C)NC(C)C. The Bertz CT molecular complexity index is 470. The Labute approximate surface area is 129 Å². The first-order chi connectivity index (χ1) is 9.94. The van der Waals surface area contributed by atoms with E-state index in [2.05, 4.69) is 58.1 Å². The second kappa shape index (κ2) is 8.05. The van der Waals surface area contributed by atoms with E-state index in [4.69, 9.17) is 4.74 Å². The third-order valence-corrected chi connectivity index (χ3v) is 3.79. The fourth-order valence-electron chi connectivity index (χ4n) is 2.65. The predicted molar refractivity (Wildman–Crippen MR) is 87.6 cm³/mol. The molecule has 1 unspecified atom stereocenters. The summed E-state index contributed by atoms with van der Waals surface area (Å²) in [6, 6.07) is 8.93. The molecule has 0 aliphatic rings. The minimum absolute atomic E-state index is 0.309. The van der Waals surface area contributed by atoms with Gasteiger partial charge >= 0.3 is 0 Å². The van der Waals surface area contributed by atoms with Crippen LogP contribution in [-0.2, 0) is 0 Å². The van der Waals surface area contributed by atoms with Crippen LogP contribution < -0.4 is 10.1 Å². The molecular formula is C18H28N2O. The van der Waals surface area contributed by atoms with Crippen molar-refractivity contribution in [3.05, 3.63) is 29.3 Å². The highest BCUT2D eigenvalue weighted by atomic mass is 16.5. The molecule has 1 aromatic rings. The van der Waals surface area contributed by atoms with E-state index in [0.29, 0.717) is 12.6 Å². The fraction of sp³-hybridized carbons (Fsp3) is 0.611. The van der Waals surface area contributed by atoms with Crippen molar-refractivity contribution >= 4 is 0 Å². The lowest BCUT2D eigenvalue weighted by Crippen LogP contribution is -2.47. The molecule has 0 heterocycles. The van der Waals surface area contributed by atoms with Crippen LogP contribution in [0.15, 0.2) is 18.2 Å². The van der Waals surface area contributed by atoms with Crippen LogP contribution in [-0.4, -0.2) is 18.2 Å². The van der Waals surface area contributed by atoms with Gasteiger partial charge < -0.3 is 4.74 Å². The summed E-state index contributed by atoms with van der Waals surface area (Å²) < 4.78 is 5.92. The van der Waals surface area contributed by atoms with Crippen molar-refractivity contribution < 1.29 is 4.74 Å². The standard InChI is InChI=1S/C18H28N2O/c1-6-18(13-19,20-14(2)3)11-8-12-21-17-15(4)9-7-10-16(17)5/h7,9-10,14,20H,6,8,11-12H2,1-5H3. The Balaban J connectivity index is 2.54. The smallest absolute Gasteiger partial charge is 0.125 e. The third-order valence-electron chi connectivity index (χ3n) is 3.79. The number of para-hydroxylation sites is 1. The lowest BCUT2D eigenvalue weighted by Gasteiger charge is -2.29. The van der Waals surface area contributed by atoms with Crippen LogP contribution >= 0.6 is 0 Å². The summed E-state index contributed by atoms with van der Waals surface area (Å²) >= 11 is 0. The number of aryl methyl sites for hydroxylation is 2. The van der Waals surface area contributed by atoms with E-state index in [-0.39, 0.29) is 0 Å². The van der Waals surface area contributed by atoms with Crippen LogP contribution in [0.1, 0.15) is 51.2 Å². The number of nitrogens with one attached hydrogen (secondary N) is 1. The molecule has 0 aromatic heterocycles. The fourth-order valence-corrected chi connectivity index (χ4v) is 2.65. The van der Waals surface area contributed by atoms with Crippen LogP contribution in [0.2, 0.25) is 0 Å². The first-order valence-electron chi connectivity index (χ1n) is 7.82. The number of ether oxygens (including phenoxy) is 1. The lowest BCUT2D eigenvalue weighted by atomic mass is 9.91. The van der Waals surface area contributed by atoms with Crippen LogP contribution in [0.5, 0.6) is 5.75 Å². The summed E-state index contributed by atoms with van der Waals surface area (Å²) in [7, 11) is 0. The van der Waals surface area contributed by atoms with Gasteiger partial charge in [-0.25, -0.2) is 0 Å². The average molecular weight is 288 g/mol. The van der Waals surface area contributed by atoms with Crippen LogP contribution in [0.3, 0.4) is 0 Å². The largest absolute Gasteiger partial charge is 0.493 e. The van der Waals surface area contributed by atoms with Gasteiger partial charge in [0, 0.05) is 6.04 Å². The van der Waals surface area contributed by atoms with Gasteiger partial charge in [-0.3, -0.25) is 5.32 Å². The second-order valence-electron chi connectivity index (χ2n) is 6.02. The maximum Gasteiger partial charge on any atom is 0.125 e. The molecule has 0 fully saturated rings. The Morgan fingerprint density at radius 3 is 2.38 bits per heavy atom. The van der Waals surface area contributed by atoms with Crippen molar-refractivity contribution in [1.82, 2.24) is 5.32 Å².